The number of ether oxygens (including phenoxy) is 2. The van der Waals surface area contributed by atoms with Crippen molar-refractivity contribution in [2.75, 3.05) is 13.2 Å². The third-order valence-electron chi connectivity index (χ3n) is 11.2. The fourth-order valence-corrected chi connectivity index (χ4v) is 8.13. The van der Waals surface area contributed by atoms with Crippen LogP contribution in [0.25, 0.3) is 0 Å². The van der Waals surface area contributed by atoms with E-state index in [4.69, 9.17) is 18.5 Å². The molecular formula is C51H79O15P. The standard InChI is InChI=1S/C51H79O15P/c1-3-5-7-8-9-10-11-12-13-14-15-16-17-18-19-20-21-22-27-31-44(54)63-37-41-38-64-67(61,62)66-51-49(59)47(57)42(35-34-40(52)30-25-6-4-2)43(53)36-33-39(46(56)48(58)50(51)60)29-26-23-24-28-32-45(55)65-41/h5,7,9-10,12-13,15-16,18-19,23,26,33-36,39-42,46-52,56-60H,3-4,6,8,11,14,17,20-22,24-25,27-32,37-38H2,1-2H3,(H,61,62)/b7-5-,10-9-,13-12-,16-15-,19-18-,26-23-,35-34+,36-33-/t39-,40-,41+,42-,46+,47+,48-,49+,50+,51+/m0/s1. The van der Waals surface area contributed by atoms with Crippen molar-refractivity contribution in [2.24, 2.45) is 11.8 Å². The highest BCUT2D eigenvalue weighted by atomic mass is 31.2. The number of aliphatic hydroxyl groups excluding tert-OH is 6. The zero-order chi connectivity index (χ0) is 49.3. The van der Waals surface area contributed by atoms with Crippen LogP contribution in [0.4, 0.5) is 0 Å². The smallest absolute Gasteiger partial charge is 0.462 e. The van der Waals surface area contributed by atoms with E-state index in [1.807, 2.05) is 6.92 Å². The van der Waals surface area contributed by atoms with Crippen LogP contribution in [0.5, 0.6) is 0 Å². The number of fused-ring (bicyclic) bond motifs is 4. The van der Waals surface area contributed by atoms with Crippen LogP contribution in [-0.2, 0) is 37.5 Å². The molecule has 0 amide bonds. The number of aliphatic hydroxyl groups is 6. The quantitative estimate of drug-likeness (QED) is 0.0228. The van der Waals surface area contributed by atoms with Gasteiger partial charge in [-0.05, 0) is 83.1 Å². The van der Waals surface area contributed by atoms with Gasteiger partial charge in [-0.1, -0.05) is 131 Å². The predicted molar refractivity (Wildman–Crippen MR) is 257 cm³/mol. The molecule has 0 saturated heterocycles. The van der Waals surface area contributed by atoms with E-state index < -0.39 is 99.4 Å². The Labute approximate surface area is 398 Å². The van der Waals surface area contributed by atoms with Crippen LogP contribution >= 0.6 is 7.82 Å². The first-order valence-electron chi connectivity index (χ1n) is 24.1. The molecule has 0 saturated carbocycles. The van der Waals surface area contributed by atoms with Crippen molar-refractivity contribution in [1.29, 1.82) is 0 Å². The topological polar surface area (TPSA) is 247 Å². The molecule has 1 unspecified atom stereocenters. The molecule has 7 N–H and O–H groups in total. The molecule has 2 aliphatic rings. The normalized spacial score (nSPS) is 30.4. The van der Waals surface area contributed by atoms with Crippen molar-refractivity contribution in [3.05, 3.63) is 97.2 Å². The van der Waals surface area contributed by atoms with Crippen LogP contribution in [0.3, 0.4) is 0 Å². The fraction of sp³-hybridized carbons (Fsp3) is 0.627. The summed E-state index contributed by atoms with van der Waals surface area (Å²) in [5.74, 6) is -4.69. The number of cyclic esters (lactones) is 1. The molecule has 1 aliphatic carbocycles. The predicted octanol–water partition coefficient (Wildman–Crippen LogP) is 7.45. The van der Waals surface area contributed by atoms with E-state index in [0.717, 1.165) is 70.3 Å². The molecule has 0 radical (unpaired) electrons. The lowest BCUT2D eigenvalue weighted by Crippen LogP contribution is -2.55. The summed E-state index contributed by atoms with van der Waals surface area (Å²) in [4.78, 5) is 49.9. The van der Waals surface area contributed by atoms with Crippen molar-refractivity contribution in [1.82, 2.24) is 0 Å². The van der Waals surface area contributed by atoms with Gasteiger partial charge in [0.1, 0.15) is 31.0 Å². The van der Waals surface area contributed by atoms with Crippen LogP contribution in [0.2, 0.25) is 0 Å². The Kier molecular flexibility index (Phi) is 31.5. The van der Waals surface area contributed by atoms with E-state index in [9.17, 15) is 54.5 Å². The molecule has 0 spiro atoms. The Bertz CT molecular complexity index is 1700. The monoisotopic (exact) mass is 963 g/mol. The van der Waals surface area contributed by atoms with Gasteiger partial charge in [-0.3, -0.25) is 23.4 Å². The zero-order valence-electron chi connectivity index (χ0n) is 39.5. The third-order valence-corrected chi connectivity index (χ3v) is 12.1. The second kappa shape index (κ2) is 35.5. The molecule has 0 aromatic rings. The molecule has 378 valence electrons. The summed E-state index contributed by atoms with van der Waals surface area (Å²) in [5.41, 5.74) is 0. The first kappa shape index (κ1) is 59.5. The maximum atomic E-state index is 13.5. The molecule has 2 bridgehead atoms. The zero-order valence-corrected chi connectivity index (χ0v) is 40.4. The molecule has 2 rings (SSSR count). The average Bonchev–Trinajstić information content (AvgIpc) is 3.30. The van der Waals surface area contributed by atoms with E-state index in [1.54, 1.807) is 12.2 Å². The van der Waals surface area contributed by atoms with Crippen molar-refractivity contribution < 1.29 is 73.0 Å². The van der Waals surface area contributed by atoms with Gasteiger partial charge >= 0.3 is 19.8 Å². The first-order chi connectivity index (χ1) is 32.2. The number of hydrogen-bond donors (Lipinski definition) is 7. The molecular weight excluding hydrogens is 884 g/mol. The van der Waals surface area contributed by atoms with Gasteiger partial charge in [-0.2, -0.15) is 0 Å². The maximum absolute atomic E-state index is 13.5. The SMILES string of the molecule is CC/C=C\C/C=C\C/C=C\C/C=C\C/C=C\CCCCCC(=O)OC[C@@H]1COP(=O)(O)O[C@H]2[C@H](O)[C@@H](O)[C@H](O)[C@H](/C=C\C(=O)[C@H](/C=C/[C@@H](O)CCCCC)[C@@H](O)[C@H]2O)C/C=C\CCCC(=O)O1. The molecule has 0 aromatic heterocycles. The minimum absolute atomic E-state index is 0.0196. The van der Waals surface area contributed by atoms with Gasteiger partial charge in [0.15, 0.2) is 11.9 Å². The number of carbonyl (C=O) groups is 3. The lowest BCUT2D eigenvalue weighted by molar-refractivity contribution is -0.164. The molecule has 67 heavy (non-hydrogen) atoms. The minimum Gasteiger partial charge on any atom is -0.462 e. The van der Waals surface area contributed by atoms with Crippen molar-refractivity contribution >= 4 is 25.5 Å². The molecule has 0 fully saturated rings. The largest absolute Gasteiger partial charge is 0.472 e. The van der Waals surface area contributed by atoms with Crippen LogP contribution in [-0.4, -0.2) is 115 Å². The highest BCUT2D eigenvalue weighted by Crippen LogP contribution is 2.47. The van der Waals surface area contributed by atoms with E-state index in [0.29, 0.717) is 32.1 Å². The lowest BCUT2D eigenvalue weighted by atomic mass is 9.87. The van der Waals surface area contributed by atoms with Crippen molar-refractivity contribution in [2.45, 2.75) is 178 Å². The van der Waals surface area contributed by atoms with Crippen molar-refractivity contribution in [3.63, 3.8) is 0 Å². The highest BCUT2D eigenvalue weighted by Gasteiger charge is 2.47. The average molecular weight is 963 g/mol. The number of esters is 2. The van der Waals surface area contributed by atoms with Crippen LogP contribution in [0, 0.1) is 11.8 Å². The van der Waals surface area contributed by atoms with Crippen LogP contribution in [0.1, 0.15) is 129 Å². The highest BCUT2D eigenvalue weighted by molar-refractivity contribution is 7.47. The number of ketones is 1. The van der Waals surface area contributed by atoms with Gasteiger partial charge in [0, 0.05) is 18.8 Å². The Balaban J connectivity index is 2.07. The molecule has 15 nitrogen and oxygen atoms in total. The van der Waals surface area contributed by atoms with Gasteiger partial charge in [0.25, 0.3) is 0 Å². The number of phosphoric ester groups is 1. The van der Waals surface area contributed by atoms with Crippen LogP contribution < -0.4 is 0 Å². The Morgan fingerprint density at radius 3 is 2.10 bits per heavy atom. The lowest BCUT2D eigenvalue weighted by Gasteiger charge is -2.36. The van der Waals surface area contributed by atoms with Gasteiger partial charge < -0.3 is 45.0 Å². The number of hydrogen-bond acceptors (Lipinski definition) is 14. The molecule has 0 aromatic carbocycles. The first-order valence-corrected chi connectivity index (χ1v) is 25.6. The Morgan fingerprint density at radius 2 is 1.45 bits per heavy atom. The number of allylic oxidation sites excluding steroid dienone is 13. The van der Waals surface area contributed by atoms with Gasteiger partial charge in [-0.25, -0.2) is 4.57 Å². The summed E-state index contributed by atoms with van der Waals surface area (Å²) < 4.78 is 34.6. The second-order valence-corrected chi connectivity index (χ2v) is 18.3. The maximum Gasteiger partial charge on any atom is 0.472 e. The van der Waals surface area contributed by atoms with Gasteiger partial charge in [0.05, 0.1) is 30.8 Å². The molecule has 11 atom stereocenters. The molecule has 16 heteroatoms. The van der Waals surface area contributed by atoms with Crippen molar-refractivity contribution in [3.8, 4) is 0 Å². The van der Waals surface area contributed by atoms with E-state index in [2.05, 4.69) is 67.7 Å². The fourth-order valence-electron chi connectivity index (χ4n) is 7.16. The van der Waals surface area contributed by atoms with E-state index >= 15 is 0 Å². The summed E-state index contributed by atoms with van der Waals surface area (Å²) in [5, 5.41) is 66.9. The van der Waals surface area contributed by atoms with Gasteiger partial charge in [-0.15, -0.1) is 0 Å². The summed E-state index contributed by atoms with van der Waals surface area (Å²) in [6.45, 7) is 2.71. The Morgan fingerprint density at radius 1 is 0.806 bits per heavy atom. The molecule has 1 aliphatic heterocycles. The summed E-state index contributed by atoms with van der Waals surface area (Å²) in [6.07, 6.45) is 25.1. The van der Waals surface area contributed by atoms with E-state index in [-0.39, 0.29) is 19.3 Å². The Hall–Kier alpha value is -3.60. The number of phosphoric acid groups is 1. The number of unbranched alkanes of at least 4 members (excludes halogenated alkanes) is 5. The minimum atomic E-state index is -5.43. The molecule has 1 heterocycles. The summed E-state index contributed by atoms with van der Waals surface area (Å²) in [7, 11) is -5.43. The van der Waals surface area contributed by atoms with Crippen LogP contribution in [0.15, 0.2) is 97.2 Å². The third kappa shape index (κ3) is 26.1. The number of rotatable bonds is 23. The summed E-state index contributed by atoms with van der Waals surface area (Å²) in [6, 6.07) is 0. The second-order valence-electron chi connectivity index (χ2n) is 16.9. The van der Waals surface area contributed by atoms with E-state index in [1.165, 1.54) is 18.2 Å². The number of carbonyl (C=O) groups excluding carboxylic acids is 3. The summed E-state index contributed by atoms with van der Waals surface area (Å²) >= 11 is 0. The van der Waals surface area contributed by atoms with Gasteiger partial charge in [0.2, 0.25) is 0 Å².